The number of methoxy groups -OCH3 is 1. The van der Waals surface area contributed by atoms with Gasteiger partial charge >= 0.3 is 0 Å². The van der Waals surface area contributed by atoms with Crippen molar-refractivity contribution in [2.45, 2.75) is 19.9 Å². The summed E-state index contributed by atoms with van der Waals surface area (Å²) in [5, 5.41) is 10.8. The predicted octanol–water partition coefficient (Wildman–Crippen LogP) is 0.614. The summed E-state index contributed by atoms with van der Waals surface area (Å²) in [6.45, 7) is 3.42. The summed E-state index contributed by atoms with van der Waals surface area (Å²) in [5.74, 6) is 1.72. The lowest BCUT2D eigenvalue weighted by atomic mass is 10.1. The first-order chi connectivity index (χ1) is 6.76. The number of hydrogen-bond acceptors (Lipinski definition) is 5. The fourth-order valence-corrected chi connectivity index (χ4v) is 1.24. The third kappa shape index (κ3) is 3.43. The Kier molecular flexibility index (Phi) is 4.55. The van der Waals surface area contributed by atoms with Crippen molar-refractivity contribution in [1.29, 1.82) is 0 Å². The smallest absolute Gasteiger partial charge is 0.230 e. The van der Waals surface area contributed by atoms with Crippen molar-refractivity contribution in [2.75, 3.05) is 20.8 Å². The molecule has 0 saturated carbocycles. The molecule has 0 saturated heterocycles. The Morgan fingerprint density at radius 1 is 1.43 bits per heavy atom. The highest BCUT2D eigenvalue weighted by molar-refractivity contribution is 4.82. The molecule has 0 spiro atoms. The van der Waals surface area contributed by atoms with Crippen molar-refractivity contribution in [3.8, 4) is 0 Å². The van der Waals surface area contributed by atoms with E-state index in [0.717, 1.165) is 6.42 Å². The normalized spacial score (nSPS) is 13.1. The third-order valence-corrected chi connectivity index (χ3v) is 1.81. The van der Waals surface area contributed by atoms with Gasteiger partial charge in [-0.05, 0) is 13.0 Å². The highest BCUT2D eigenvalue weighted by Gasteiger charge is 2.09. The molecular formula is C9H17N3O2. The molecular weight excluding hydrogens is 182 g/mol. The van der Waals surface area contributed by atoms with Gasteiger partial charge in [0.1, 0.15) is 0 Å². The van der Waals surface area contributed by atoms with Crippen molar-refractivity contribution in [3.63, 3.8) is 0 Å². The molecule has 5 nitrogen and oxygen atoms in total. The SMILES string of the molecule is CNCc1nnc(CC(C)COC)o1. The average molecular weight is 199 g/mol. The summed E-state index contributed by atoms with van der Waals surface area (Å²) in [7, 11) is 3.54. The molecule has 1 aromatic rings. The minimum absolute atomic E-state index is 0.405. The van der Waals surface area contributed by atoms with Crippen molar-refractivity contribution in [1.82, 2.24) is 15.5 Å². The molecule has 1 rings (SSSR count). The summed E-state index contributed by atoms with van der Waals surface area (Å²) < 4.78 is 10.4. The van der Waals surface area contributed by atoms with Gasteiger partial charge in [0.25, 0.3) is 0 Å². The quantitative estimate of drug-likeness (QED) is 0.727. The number of aromatic nitrogens is 2. The fraction of sp³-hybridized carbons (Fsp3) is 0.778. The molecule has 0 fully saturated rings. The Morgan fingerprint density at radius 2 is 2.14 bits per heavy atom. The van der Waals surface area contributed by atoms with E-state index in [-0.39, 0.29) is 0 Å². The van der Waals surface area contributed by atoms with Gasteiger partial charge in [0.05, 0.1) is 6.54 Å². The van der Waals surface area contributed by atoms with Crippen LogP contribution in [0.15, 0.2) is 4.42 Å². The largest absolute Gasteiger partial charge is 0.424 e. The van der Waals surface area contributed by atoms with E-state index in [2.05, 4.69) is 22.4 Å². The molecule has 1 atom stereocenters. The van der Waals surface area contributed by atoms with E-state index in [4.69, 9.17) is 9.15 Å². The lowest BCUT2D eigenvalue weighted by Crippen LogP contribution is -2.07. The van der Waals surface area contributed by atoms with E-state index >= 15 is 0 Å². The Hall–Kier alpha value is -0.940. The van der Waals surface area contributed by atoms with Crippen LogP contribution in [-0.2, 0) is 17.7 Å². The minimum atomic E-state index is 0.405. The topological polar surface area (TPSA) is 60.2 Å². The highest BCUT2D eigenvalue weighted by atomic mass is 16.5. The first kappa shape index (κ1) is 11.1. The molecule has 1 heterocycles. The molecule has 5 heteroatoms. The molecule has 80 valence electrons. The summed E-state index contributed by atoms with van der Waals surface area (Å²) in [5.41, 5.74) is 0. The van der Waals surface area contributed by atoms with Gasteiger partial charge in [0.15, 0.2) is 0 Å². The minimum Gasteiger partial charge on any atom is -0.424 e. The van der Waals surface area contributed by atoms with Crippen LogP contribution < -0.4 is 5.32 Å². The summed E-state index contributed by atoms with van der Waals surface area (Å²) in [4.78, 5) is 0. The van der Waals surface area contributed by atoms with Crippen LogP contribution in [0.4, 0.5) is 0 Å². The maximum absolute atomic E-state index is 5.40. The number of rotatable bonds is 6. The Bertz CT molecular complexity index is 262. The lowest BCUT2D eigenvalue weighted by molar-refractivity contribution is 0.156. The van der Waals surface area contributed by atoms with Crippen LogP contribution >= 0.6 is 0 Å². The van der Waals surface area contributed by atoms with Crippen LogP contribution in [0, 0.1) is 5.92 Å². The molecule has 0 amide bonds. The zero-order valence-corrected chi connectivity index (χ0v) is 8.91. The molecule has 1 N–H and O–H groups in total. The van der Waals surface area contributed by atoms with Crippen LogP contribution in [0.5, 0.6) is 0 Å². The zero-order chi connectivity index (χ0) is 10.4. The maximum Gasteiger partial charge on any atom is 0.230 e. The second-order valence-corrected chi connectivity index (χ2v) is 3.38. The molecule has 14 heavy (non-hydrogen) atoms. The molecule has 0 aliphatic rings. The van der Waals surface area contributed by atoms with Gasteiger partial charge in [-0.2, -0.15) is 0 Å². The number of nitrogens with one attached hydrogen (secondary N) is 1. The third-order valence-electron chi connectivity index (χ3n) is 1.81. The standard InChI is InChI=1S/C9H17N3O2/c1-7(6-13-3)4-8-11-12-9(14-8)5-10-2/h7,10H,4-6H2,1-3H3. The highest BCUT2D eigenvalue weighted by Crippen LogP contribution is 2.07. The van der Waals surface area contributed by atoms with Crippen molar-refractivity contribution < 1.29 is 9.15 Å². The molecule has 0 aromatic carbocycles. The van der Waals surface area contributed by atoms with E-state index in [0.29, 0.717) is 30.9 Å². The molecule has 0 aliphatic heterocycles. The average Bonchev–Trinajstić information content (AvgIpc) is 2.53. The Labute approximate surface area is 83.9 Å². The van der Waals surface area contributed by atoms with Crippen molar-refractivity contribution in [2.24, 2.45) is 5.92 Å². The van der Waals surface area contributed by atoms with E-state index in [9.17, 15) is 0 Å². The van der Waals surface area contributed by atoms with Crippen LogP contribution in [0.2, 0.25) is 0 Å². The van der Waals surface area contributed by atoms with Gasteiger partial charge in [-0.1, -0.05) is 6.92 Å². The zero-order valence-electron chi connectivity index (χ0n) is 8.91. The van der Waals surface area contributed by atoms with Crippen LogP contribution in [0.1, 0.15) is 18.7 Å². The predicted molar refractivity (Wildman–Crippen MR) is 51.8 cm³/mol. The van der Waals surface area contributed by atoms with Crippen molar-refractivity contribution in [3.05, 3.63) is 11.8 Å². The molecule has 0 radical (unpaired) electrons. The van der Waals surface area contributed by atoms with E-state index < -0.39 is 0 Å². The number of nitrogens with zero attached hydrogens (tertiary/aromatic N) is 2. The second-order valence-electron chi connectivity index (χ2n) is 3.38. The first-order valence-corrected chi connectivity index (χ1v) is 4.71. The Balaban J connectivity index is 2.42. The van der Waals surface area contributed by atoms with E-state index in [1.807, 2.05) is 7.05 Å². The lowest BCUT2D eigenvalue weighted by Gasteiger charge is -2.05. The summed E-state index contributed by atoms with van der Waals surface area (Å²) >= 11 is 0. The molecule has 0 aliphatic carbocycles. The van der Waals surface area contributed by atoms with Gasteiger partial charge in [-0.15, -0.1) is 10.2 Å². The molecule has 0 bridgehead atoms. The van der Waals surface area contributed by atoms with Crippen molar-refractivity contribution >= 4 is 0 Å². The number of hydrogen-bond donors (Lipinski definition) is 1. The molecule has 1 aromatic heterocycles. The van der Waals surface area contributed by atoms with E-state index in [1.54, 1.807) is 7.11 Å². The van der Waals surface area contributed by atoms with Gasteiger partial charge < -0.3 is 14.5 Å². The number of ether oxygens (including phenoxy) is 1. The Morgan fingerprint density at radius 3 is 2.79 bits per heavy atom. The van der Waals surface area contributed by atoms with Crippen LogP contribution in [0.3, 0.4) is 0 Å². The van der Waals surface area contributed by atoms with Gasteiger partial charge in [-0.3, -0.25) is 0 Å². The van der Waals surface area contributed by atoms with Gasteiger partial charge in [0, 0.05) is 20.1 Å². The summed E-state index contributed by atoms with van der Waals surface area (Å²) in [6, 6.07) is 0. The fourth-order valence-electron chi connectivity index (χ4n) is 1.24. The monoisotopic (exact) mass is 199 g/mol. The second kappa shape index (κ2) is 5.72. The first-order valence-electron chi connectivity index (χ1n) is 4.71. The van der Waals surface area contributed by atoms with Crippen LogP contribution in [0.25, 0.3) is 0 Å². The van der Waals surface area contributed by atoms with E-state index in [1.165, 1.54) is 0 Å². The van der Waals surface area contributed by atoms with Crippen LogP contribution in [-0.4, -0.2) is 31.0 Å². The van der Waals surface area contributed by atoms with Gasteiger partial charge in [0.2, 0.25) is 11.8 Å². The summed E-state index contributed by atoms with van der Waals surface area (Å²) in [6.07, 6.45) is 0.768. The maximum atomic E-state index is 5.40. The van der Waals surface area contributed by atoms with Gasteiger partial charge in [-0.25, -0.2) is 0 Å². The molecule has 1 unspecified atom stereocenters.